The van der Waals surface area contributed by atoms with Crippen molar-refractivity contribution in [3.8, 4) is 0 Å². The fourth-order valence-electron chi connectivity index (χ4n) is 1.27. The molecule has 1 atom stereocenters. The average Bonchev–Trinajstić information content (AvgIpc) is 2.07. The van der Waals surface area contributed by atoms with Gasteiger partial charge in [-0.2, -0.15) is 0 Å². The second-order valence-corrected chi connectivity index (χ2v) is 6.14. The maximum absolute atomic E-state index is 3.65. The largest absolute Gasteiger partial charge is 0.328 e. The molecule has 0 fully saturated rings. The highest BCUT2D eigenvalue weighted by Gasteiger charge is 2.03. The molecule has 0 aliphatic carbocycles. The van der Waals surface area contributed by atoms with Gasteiger partial charge in [-0.25, -0.2) is 0 Å². The summed E-state index contributed by atoms with van der Waals surface area (Å²) in [4.78, 5) is 6.08. The Bertz CT molecular complexity index is 94.5. The van der Waals surface area contributed by atoms with Gasteiger partial charge in [0.25, 0.3) is 0 Å². The topological polar surface area (TPSA) is 15.3 Å². The molecule has 0 aromatic heterocycles. The van der Waals surface area contributed by atoms with Crippen LogP contribution in [-0.4, -0.2) is 33.6 Å². The van der Waals surface area contributed by atoms with Gasteiger partial charge in [-0.15, -0.1) is 0 Å². The standard InChI is InChI=1S/C9H24N2Si/c1-5-8-12(4)10-9-11(6-2)7-3/h10,12H,5-9H2,1-4H3. The van der Waals surface area contributed by atoms with Gasteiger partial charge in [0.05, 0.1) is 0 Å². The summed E-state index contributed by atoms with van der Waals surface area (Å²) in [6, 6.07) is 1.42. The lowest BCUT2D eigenvalue weighted by Crippen LogP contribution is -2.40. The summed E-state index contributed by atoms with van der Waals surface area (Å²) in [5.74, 6) is 0. The van der Waals surface area contributed by atoms with Gasteiger partial charge < -0.3 is 4.98 Å². The van der Waals surface area contributed by atoms with Crippen LogP contribution in [0.5, 0.6) is 0 Å². The van der Waals surface area contributed by atoms with E-state index in [1.54, 1.807) is 0 Å². The van der Waals surface area contributed by atoms with Crippen molar-refractivity contribution in [1.82, 2.24) is 9.88 Å². The predicted octanol–water partition coefficient (Wildman–Crippen LogP) is 1.64. The molecule has 0 heterocycles. The van der Waals surface area contributed by atoms with Crippen LogP contribution in [0.4, 0.5) is 0 Å². The molecule has 2 nitrogen and oxygen atoms in total. The fourth-order valence-corrected chi connectivity index (χ4v) is 2.91. The van der Waals surface area contributed by atoms with Crippen molar-refractivity contribution in [3.63, 3.8) is 0 Å². The van der Waals surface area contributed by atoms with Gasteiger partial charge in [0.2, 0.25) is 0 Å². The first-order chi connectivity index (χ1) is 5.74. The Morgan fingerprint density at radius 3 is 2.17 bits per heavy atom. The van der Waals surface area contributed by atoms with Crippen molar-refractivity contribution in [3.05, 3.63) is 0 Å². The van der Waals surface area contributed by atoms with Gasteiger partial charge in [0.1, 0.15) is 8.96 Å². The van der Waals surface area contributed by atoms with Gasteiger partial charge in [-0.1, -0.05) is 33.7 Å². The lowest BCUT2D eigenvalue weighted by Gasteiger charge is -2.21. The van der Waals surface area contributed by atoms with Crippen LogP contribution in [0.15, 0.2) is 0 Å². The molecule has 3 heteroatoms. The molecule has 12 heavy (non-hydrogen) atoms. The summed E-state index contributed by atoms with van der Waals surface area (Å²) in [5, 5.41) is 0. The highest BCUT2D eigenvalue weighted by Crippen LogP contribution is 1.93. The highest BCUT2D eigenvalue weighted by molar-refractivity contribution is 6.54. The Balaban J connectivity index is 3.37. The van der Waals surface area contributed by atoms with Crippen molar-refractivity contribution in [2.75, 3.05) is 19.8 Å². The second-order valence-electron chi connectivity index (χ2n) is 3.36. The maximum Gasteiger partial charge on any atom is 0.107 e. The van der Waals surface area contributed by atoms with Gasteiger partial charge in [0.15, 0.2) is 0 Å². The minimum Gasteiger partial charge on any atom is -0.328 e. The summed E-state index contributed by atoms with van der Waals surface area (Å²) in [7, 11) is -0.578. The van der Waals surface area contributed by atoms with Crippen LogP contribution in [0, 0.1) is 0 Å². The molecule has 1 unspecified atom stereocenters. The highest BCUT2D eigenvalue weighted by atomic mass is 28.3. The number of rotatable bonds is 7. The Kier molecular flexibility index (Phi) is 7.86. The van der Waals surface area contributed by atoms with Crippen LogP contribution < -0.4 is 4.98 Å². The van der Waals surface area contributed by atoms with Crippen LogP contribution in [0.3, 0.4) is 0 Å². The molecular formula is C9H24N2Si. The Morgan fingerprint density at radius 1 is 1.17 bits per heavy atom. The molecule has 0 aliphatic rings. The minimum absolute atomic E-state index is 0.578. The van der Waals surface area contributed by atoms with Gasteiger partial charge >= 0.3 is 0 Å². The van der Waals surface area contributed by atoms with E-state index in [2.05, 4.69) is 37.2 Å². The average molecular weight is 188 g/mol. The summed E-state index contributed by atoms with van der Waals surface area (Å²) in [6.07, 6.45) is 1.33. The molecular weight excluding hydrogens is 164 g/mol. The Labute approximate surface area is 79.0 Å². The van der Waals surface area contributed by atoms with E-state index in [-0.39, 0.29) is 0 Å². The molecule has 0 radical (unpaired) electrons. The first-order valence-electron chi connectivity index (χ1n) is 5.20. The number of nitrogens with zero attached hydrogens (tertiary/aromatic N) is 1. The molecule has 0 saturated carbocycles. The second kappa shape index (κ2) is 7.77. The number of hydrogen-bond donors (Lipinski definition) is 1. The fraction of sp³-hybridized carbons (Fsp3) is 1.00. The molecule has 0 aliphatic heterocycles. The van der Waals surface area contributed by atoms with Crippen LogP contribution >= 0.6 is 0 Å². The molecule has 0 bridgehead atoms. The Morgan fingerprint density at radius 2 is 1.75 bits per heavy atom. The SMILES string of the molecule is CCC[SiH](C)NCN(CC)CC. The summed E-state index contributed by atoms with van der Waals surface area (Å²) in [5.41, 5.74) is 0. The monoisotopic (exact) mass is 188 g/mol. The number of hydrogen-bond acceptors (Lipinski definition) is 2. The van der Waals surface area contributed by atoms with Crippen LogP contribution in [0.1, 0.15) is 27.2 Å². The lowest BCUT2D eigenvalue weighted by molar-refractivity contribution is 0.300. The van der Waals surface area contributed by atoms with Gasteiger partial charge in [-0.3, -0.25) is 4.90 Å². The van der Waals surface area contributed by atoms with Crippen molar-refractivity contribution in [2.45, 2.75) is 39.8 Å². The van der Waals surface area contributed by atoms with Gasteiger partial charge in [-0.05, 0) is 19.1 Å². The zero-order valence-electron chi connectivity index (χ0n) is 9.06. The third kappa shape index (κ3) is 5.74. The van der Waals surface area contributed by atoms with E-state index in [0.717, 1.165) is 19.8 Å². The molecule has 0 saturated heterocycles. The van der Waals surface area contributed by atoms with E-state index in [4.69, 9.17) is 0 Å². The molecule has 0 aromatic carbocycles. The molecule has 74 valence electrons. The molecule has 0 aromatic rings. The third-order valence-corrected chi connectivity index (χ3v) is 4.60. The molecule has 0 rings (SSSR count). The van der Waals surface area contributed by atoms with E-state index < -0.39 is 8.96 Å². The molecule has 0 amide bonds. The van der Waals surface area contributed by atoms with E-state index in [0.29, 0.717) is 0 Å². The summed E-state index contributed by atoms with van der Waals surface area (Å²) in [6.45, 7) is 12.5. The predicted molar refractivity (Wildman–Crippen MR) is 59.0 cm³/mol. The zero-order valence-corrected chi connectivity index (χ0v) is 10.2. The first kappa shape index (κ1) is 12.1. The van der Waals surface area contributed by atoms with Crippen LogP contribution in [0.2, 0.25) is 12.6 Å². The summed E-state index contributed by atoms with van der Waals surface area (Å²) >= 11 is 0. The van der Waals surface area contributed by atoms with Gasteiger partial charge in [0, 0.05) is 6.67 Å². The summed E-state index contributed by atoms with van der Waals surface area (Å²) < 4.78 is 0. The van der Waals surface area contributed by atoms with Crippen molar-refractivity contribution >= 4 is 8.96 Å². The van der Waals surface area contributed by atoms with Crippen molar-refractivity contribution in [2.24, 2.45) is 0 Å². The van der Waals surface area contributed by atoms with E-state index >= 15 is 0 Å². The van der Waals surface area contributed by atoms with Crippen LogP contribution in [0.25, 0.3) is 0 Å². The molecule has 0 spiro atoms. The number of nitrogens with one attached hydrogen (secondary N) is 1. The van der Waals surface area contributed by atoms with Crippen LogP contribution in [-0.2, 0) is 0 Å². The van der Waals surface area contributed by atoms with E-state index in [9.17, 15) is 0 Å². The minimum atomic E-state index is -0.578. The van der Waals surface area contributed by atoms with Crippen molar-refractivity contribution in [1.29, 1.82) is 0 Å². The van der Waals surface area contributed by atoms with E-state index in [1.807, 2.05) is 0 Å². The quantitative estimate of drug-likeness (QED) is 0.483. The smallest absolute Gasteiger partial charge is 0.107 e. The molecule has 1 N–H and O–H groups in total. The normalized spacial score (nSPS) is 13.8. The maximum atomic E-state index is 3.65. The third-order valence-electron chi connectivity index (χ3n) is 2.28. The zero-order chi connectivity index (χ0) is 9.40. The van der Waals surface area contributed by atoms with Crippen molar-refractivity contribution < 1.29 is 0 Å². The Hall–Kier alpha value is 0.137. The van der Waals surface area contributed by atoms with E-state index in [1.165, 1.54) is 12.5 Å². The lowest BCUT2D eigenvalue weighted by atomic mass is 10.6. The first-order valence-corrected chi connectivity index (χ1v) is 7.75.